The number of halogens is 1. The van der Waals surface area contributed by atoms with Gasteiger partial charge in [-0.05, 0) is 55.8 Å². The van der Waals surface area contributed by atoms with Gasteiger partial charge < -0.3 is 9.88 Å². The molecule has 1 aromatic carbocycles. The van der Waals surface area contributed by atoms with Crippen molar-refractivity contribution >= 4 is 27.0 Å². The van der Waals surface area contributed by atoms with E-state index in [4.69, 9.17) is 4.98 Å². The van der Waals surface area contributed by atoms with Crippen LogP contribution in [-0.4, -0.2) is 16.1 Å². The normalized spacial score (nSPS) is 28.4. The number of hydrogen-bond donors (Lipinski definition) is 1. The summed E-state index contributed by atoms with van der Waals surface area (Å²) in [6, 6.07) is 6.93. The minimum Gasteiger partial charge on any atom is -0.327 e. The lowest BCUT2D eigenvalue weighted by Crippen LogP contribution is -2.22. The third-order valence-electron chi connectivity index (χ3n) is 5.21. The van der Waals surface area contributed by atoms with Crippen LogP contribution < -0.4 is 5.32 Å². The van der Waals surface area contributed by atoms with E-state index < -0.39 is 0 Å². The lowest BCUT2D eigenvalue weighted by molar-refractivity contribution is 0.397. The number of benzene rings is 1. The van der Waals surface area contributed by atoms with Gasteiger partial charge in [-0.15, -0.1) is 0 Å². The van der Waals surface area contributed by atoms with Gasteiger partial charge in [0.15, 0.2) is 0 Å². The van der Waals surface area contributed by atoms with E-state index in [1.807, 2.05) is 0 Å². The highest BCUT2D eigenvalue weighted by Gasteiger charge is 2.41. The first-order chi connectivity index (χ1) is 10.3. The van der Waals surface area contributed by atoms with Crippen molar-refractivity contribution in [2.45, 2.75) is 45.2 Å². The molecule has 2 aromatic rings. The van der Waals surface area contributed by atoms with Gasteiger partial charge in [0, 0.05) is 11.0 Å². The molecule has 4 rings (SSSR count). The first-order valence-electron chi connectivity index (χ1n) is 8.17. The predicted molar refractivity (Wildman–Crippen MR) is 89.3 cm³/mol. The predicted octanol–water partition coefficient (Wildman–Crippen LogP) is 4.27. The Morgan fingerprint density at radius 2 is 2.29 bits per heavy atom. The van der Waals surface area contributed by atoms with E-state index in [0.29, 0.717) is 6.04 Å². The van der Waals surface area contributed by atoms with Gasteiger partial charge in [-0.25, -0.2) is 4.98 Å². The second-order valence-corrected chi connectivity index (χ2v) is 7.41. The molecule has 3 atom stereocenters. The van der Waals surface area contributed by atoms with Crippen LogP contribution in [-0.2, 0) is 6.54 Å². The van der Waals surface area contributed by atoms with Gasteiger partial charge >= 0.3 is 0 Å². The molecule has 21 heavy (non-hydrogen) atoms. The van der Waals surface area contributed by atoms with Crippen molar-refractivity contribution < 1.29 is 0 Å². The van der Waals surface area contributed by atoms with E-state index >= 15 is 0 Å². The summed E-state index contributed by atoms with van der Waals surface area (Å²) in [7, 11) is 0. The summed E-state index contributed by atoms with van der Waals surface area (Å²) < 4.78 is 3.56. The summed E-state index contributed by atoms with van der Waals surface area (Å²) in [6.07, 6.45) is 5.30. The molecule has 2 heterocycles. The van der Waals surface area contributed by atoms with Crippen molar-refractivity contribution in [3.63, 3.8) is 0 Å². The second kappa shape index (κ2) is 5.40. The Kier molecular flexibility index (Phi) is 3.54. The van der Waals surface area contributed by atoms with Gasteiger partial charge in [-0.3, -0.25) is 0 Å². The molecular weight excluding hydrogens is 326 g/mol. The quantitative estimate of drug-likeness (QED) is 0.898. The van der Waals surface area contributed by atoms with Crippen molar-refractivity contribution in [3.8, 4) is 0 Å². The van der Waals surface area contributed by atoms with E-state index in [9.17, 15) is 0 Å². The van der Waals surface area contributed by atoms with Gasteiger partial charge in [0.1, 0.15) is 5.82 Å². The average Bonchev–Trinajstić information content (AvgIpc) is 3.13. The molecule has 2 aliphatic rings. The highest BCUT2D eigenvalue weighted by Crippen LogP contribution is 2.44. The molecule has 1 saturated carbocycles. The number of nitrogens with one attached hydrogen (secondary N) is 1. The minimum absolute atomic E-state index is 0.454. The zero-order valence-corrected chi connectivity index (χ0v) is 14.1. The maximum Gasteiger partial charge on any atom is 0.127 e. The molecule has 1 saturated heterocycles. The number of imidazole rings is 1. The smallest absolute Gasteiger partial charge is 0.127 e. The molecule has 2 fully saturated rings. The van der Waals surface area contributed by atoms with Crippen LogP contribution in [0.5, 0.6) is 0 Å². The van der Waals surface area contributed by atoms with Crippen molar-refractivity contribution in [2.24, 2.45) is 11.8 Å². The lowest BCUT2D eigenvalue weighted by Gasteiger charge is -2.19. The third-order valence-corrected chi connectivity index (χ3v) is 5.70. The standard InChI is InChI=1S/C17H22BrN3/c1-2-8-21-15-7-6-12(18)9-14(15)20-17(21)16-13-5-3-4-11(13)10-19-16/h6-7,9,11,13,16,19H,2-5,8,10H2,1H3. The van der Waals surface area contributed by atoms with Crippen molar-refractivity contribution in [2.75, 3.05) is 6.54 Å². The summed E-state index contributed by atoms with van der Waals surface area (Å²) >= 11 is 3.57. The number of fused-ring (bicyclic) bond motifs is 2. The van der Waals surface area contributed by atoms with Crippen LogP contribution in [0.4, 0.5) is 0 Å². The summed E-state index contributed by atoms with van der Waals surface area (Å²) in [5, 5.41) is 3.75. The molecule has 1 aliphatic carbocycles. The van der Waals surface area contributed by atoms with Crippen LogP contribution in [0.25, 0.3) is 11.0 Å². The number of nitrogens with zero attached hydrogens (tertiary/aromatic N) is 2. The van der Waals surface area contributed by atoms with E-state index in [1.165, 1.54) is 37.1 Å². The molecule has 0 radical (unpaired) electrons. The Hall–Kier alpha value is -0.870. The number of aryl methyl sites for hydroxylation is 1. The number of rotatable bonds is 3. The first kappa shape index (κ1) is 13.8. The molecule has 0 amide bonds. The SMILES string of the molecule is CCCn1c(C2NCC3CCCC32)nc2cc(Br)ccc21. The minimum atomic E-state index is 0.454. The van der Waals surface area contributed by atoms with E-state index in [0.717, 1.165) is 34.8 Å². The topological polar surface area (TPSA) is 29.9 Å². The summed E-state index contributed by atoms with van der Waals surface area (Å²) in [4.78, 5) is 5.00. The van der Waals surface area contributed by atoms with Crippen LogP contribution in [0, 0.1) is 11.8 Å². The maximum atomic E-state index is 5.00. The molecule has 1 aromatic heterocycles. The molecular formula is C17H22BrN3. The maximum absolute atomic E-state index is 5.00. The Balaban J connectivity index is 1.81. The third kappa shape index (κ3) is 2.23. The van der Waals surface area contributed by atoms with Crippen molar-refractivity contribution in [3.05, 3.63) is 28.5 Å². The Morgan fingerprint density at radius 1 is 1.38 bits per heavy atom. The monoisotopic (exact) mass is 347 g/mol. The lowest BCUT2D eigenvalue weighted by atomic mass is 9.93. The molecule has 0 bridgehead atoms. The van der Waals surface area contributed by atoms with Crippen LogP contribution in [0.15, 0.2) is 22.7 Å². The fourth-order valence-electron chi connectivity index (χ4n) is 4.29. The molecule has 1 aliphatic heterocycles. The molecule has 4 heteroatoms. The summed E-state index contributed by atoms with van der Waals surface area (Å²) in [5.41, 5.74) is 2.40. The Bertz CT molecular complexity index is 663. The molecule has 3 nitrogen and oxygen atoms in total. The largest absolute Gasteiger partial charge is 0.327 e. The second-order valence-electron chi connectivity index (χ2n) is 6.50. The summed E-state index contributed by atoms with van der Waals surface area (Å²) in [5.74, 6) is 2.93. The van der Waals surface area contributed by atoms with Crippen molar-refractivity contribution in [1.82, 2.24) is 14.9 Å². The van der Waals surface area contributed by atoms with Crippen LogP contribution in [0.3, 0.4) is 0 Å². The first-order valence-corrected chi connectivity index (χ1v) is 8.96. The number of hydrogen-bond acceptors (Lipinski definition) is 2. The van der Waals surface area contributed by atoms with Crippen LogP contribution in [0.2, 0.25) is 0 Å². The van der Waals surface area contributed by atoms with Gasteiger partial charge in [0.2, 0.25) is 0 Å². The zero-order valence-electron chi connectivity index (χ0n) is 12.5. The molecule has 112 valence electrons. The summed E-state index contributed by atoms with van der Waals surface area (Å²) in [6.45, 7) is 4.48. The average molecular weight is 348 g/mol. The van der Waals surface area contributed by atoms with Gasteiger partial charge in [-0.1, -0.05) is 29.3 Å². The van der Waals surface area contributed by atoms with E-state index in [-0.39, 0.29) is 0 Å². The molecule has 1 N–H and O–H groups in total. The molecule has 0 spiro atoms. The molecule has 3 unspecified atom stereocenters. The van der Waals surface area contributed by atoms with E-state index in [2.05, 4.69) is 50.9 Å². The van der Waals surface area contributed by atoms with Crippen molar-refractivity contribution in [1.29, 1.82) is 0 Å². The van der Waals surface area contributed by atoms with E-state index in [1.54, 1.807) is 0 Å². The zero-order chi connectivity index (χ0) is 14.4. The highest BCUT2D eigenvalue weighted by atomic mass is 79.9. The Morgan fingerprint density at radius 3 is 3.14 bits per heavy atom. The van der Waals surface area contributed by atoms with Gasteiger partial charge in [-0.2, -0.15) is 0 Å². The highest BCUT2D eigenvalue weighted by molar-refractivity contribution is 9.10. The number of aromatic nitrogens is 2. The van der Waals surface area contributed by atoms with Crippen LogP contribution >= 0.6 is 15.9 Å². The van der Waals surface area contributed by atoms with Crippen LogP contribution in [0.1, 0.15) is 44.5 Å². The van der Waals surface area contributed by atoms with Gasteiger partial charge in [0.05, 0.1) is 17.1 Å². The Labute approximate surface area is 134 Å². The fraction of sp³-hybridized carbons (Fsp3) is 0.588. The van der Waals surface area contributed by atoms with Gasteiger partial charge in [0.25, 0.3) is 0 Å². The fourth-order valence-corrected chi connectivity index (χ4v) is 4.64.